The third-order valence-corrected chi connectivity index (χ3v) is 4.65. The highest BCUT2D eigenvalue weighted by Crippen LogP contribution is 2.31. The van der Waals surface area contributed by atoms with E-state index in [1.807, 2.05) is 6.26 Å². The smallest absolute Gasteiger partial charge is 0.358 e. The number of carbonyl (C=O) groups is 1. The third-order valence-electron chi connectivity index (χ3n) is 1.78. The molecule has 94 valence electrons. The predicted octanol–water partition coefficient (Wildman–Crippen LogP) is 1.99. The fourth-order valence-electron chi connectivity index (χ4n) is 0.989. The van der Waals surface area contributed by atoms with Crippen LogP contribution >= 0.6 is 34.9 Å². The lowest BCUT2D eigenvalue weighted by Gasteiger charge is -1.98. The van der Waals surface area contributed by atoms with Crippen LogP contribution in [0, 0.1) is 0 Å². The Morgan fingerprint density at radius 2 is 2.06 bits per heavy atom. The first kappa shape index (κ1) is 13.2. The molecule has 0 radical (unpaired) electrons. The Bertz CT molecular complexity index is 543. The van der Waals surface area contributed by atoms with Gasteiger partial charge in [-0.1, -0.05) is 23.1 Å². The minimum atomic E-state index is -0.500. The summed E-state index contributed by atoms with van der Waals surface area (Å²) in [6.07, 6.45) is 4.84. The summed E-state index contributed by atoms with van der Waals surface area (Å²) in [4.78, 5) is 19.2. The van der Waals surface area contributed by atoms with Crippen LogP contribution in [-0.2, 0) is 4.74 Å². The van der Waals surface area contributed by atoms with Crippen LogP contribution in [0.15, 0.2) is 26.1 Å². The second-order valence-electron chi connectivity index (χ2n) is 2.87. The lowest BCUT2D eigenvalue weighted by atomic mass is 10.5. The molecule has 2 aromatic heterocycles. The molecule has 9 heteroatoms. The fraction of sp³-hybridized carbons (Fsp3) is 0.222. The van der Waals surface area contributed by atoms with Crippen LogP contribution in [0.3, 0.4) is 0 Å². The SMILES string of the molecule is COC(=O)c1cnc(Sc2nnc(SC)s2)cn1. The second-order valence-corrected chi connectivity index (χ2v) is 6.17. The molecule has 0 aliphatic heterocycles. The van der Waals surface area contributed by atoms with Crippen molar-refractivity contribution in [2.75, 3.05) is 13.4 Å². The highest BCUT2D eigenvalue weighted by atomic mass is 32.2. The Labute approximate surface area is 116 Å². The number of carbonyl (C=O) groups excluding carboxylic acids is 1. The van der Waals surface area contributed by atoms with Gasteiger partial charge < -0.3 is 4.74 Å². The summed E-state index contributed by atoms with van der Waals surface area (Å²) in [7, 11) is 1.30. The molecule has 0 amide bonds. The van der Waals surface area contributed by atoms with E-state index in [0.29, 0.717) is 5.03 Å². The molecule has 0 spiro atoms. The minimum absolute atomic E-state index is 0.184. The first-order valence-corrected chi connectivity index (χ1v) is 7.54. The van der Waals surface area contributed by atoms with Gasteiger partial charge in [0.1, 0.15) is 5.03 Å². The van der Waals surface area contributed by atoms with Crippen molar-refractivity contribution < 1.29 is 9.53 Å². The van der Waals surface area contributed by atoms with Gasteiger partial charge in [-0.05, 0) is 18.0 Å². The van der Waals surface area contributed by atoms with Crippen LogP contribution in [0.25, 0.3) is 0 Å². The molecule has 0 aliphatic rings. The van der Waals surface area contributed by atoms with E-state index in [9.17, 15) is 4.79 Å². The van der Waals surface area contributed by atoms with E-state index >= 15 is 0 Å². The average molecular weight is 300 g/mol. The van der Waals surface area contributed by atoms with Gasteiger partial charge in [-0.2, -0.15) is 0 Å². The maximum Gasteiger partial charge on any atom is 0.358 e. The van der Waals surface area contributed by atoms with Crippen molar-refractivity contribution in [3.8, 4) is 0 Å². The first-order valence-electron chi connectivity index (χ1n) is 4.68. The van der Waals surface area contributed by atoms with E-state index < -0.39 is 5.97 Å². The van der Waals surface area contributed by atoms with Crippen LogP contribution in [0.5, 0.6) is 0 Å². The van der Waals surface area contributed by atoms with Crippen molar-refractivity contribution in [1.82, 2.24) is 20.2 Å². The zero-order valence-electron chi connectivity index (χ0n) is 9.48. The molecule has 0 aliphatic carbocycles. The molecule has 2 aromatic rings. The molecule has 0 atom stereocenters. The van der Waals surface area contributed by atoms with Gasteiger partial charge in [0.2, 0.25) is 0 Å². The summed E-state index contributed by atoms with van der Waals surface area (Å²) in [5.41, 5.74) is 0.184. The number of aromatic nitrogens is 4. The van der Waals surface area contributed by atoms with Gasteiger partial charge in [-0.15, -0.1) is 10.2 Å². The normalized spacial score (nSPS) is 10.3. The van der Waals surface area contributed by atoms with Crippen molar-refractivity contribution >= 4 is 40.8 Å². The number of rotatable bonds is 4. The Morgan fingerprint density at radius 3 is 2.61 bits per heavy atom. The van der Waals surface area contributed by atoms with E-state index in [0.717, 1.165) is 8.68 Å². The van der Waals surface area contributed by atoms with Gasteiger partial charge >= 0.3 is 5.97 Å². The molecule has 0 saturated heterocycles. The summed E-state index contributed by atoms with van der Waals surface area (Å²) in [6.45, 7) is 0. The van der Waals surface area contributed by atoms with E-state index in [1.165, 1.54) is 42.6 Å². The Kier molecular flexibility index (Phi) is 4.50. The van der Waals surface area contributed by atoms with Crippen LogP contribution in [0.2, 0.25) is 0 Å². The topological polar surface area (TPSA) is 77.9 Å². The van der Waals surface area contributed by atoms with Crippen molar-refractivity contribution in [1.29, 1.82) is 0 Å². The number of methoxy groups -OCH3 is 1. The maximum atomic E-state index is 11.2. The van der Waals surface area contributed by atoms with Gasteiger partial charge in [0.15, 0.2) is 14.4 Å². The van der Waals surface area contributed by atoms with Gasteiger partial charge in [-0.3, -0.25) is 0 Å². The molecule has 18 heavy (non-hydrogen) atoms. The summed E-state index contributed by atoms with van der Waals surface area (Å²) < 4.78 is 6.23. The van der Waals surface area contributed by atoms with Crippen molar-refractivity contribution in [3.05, 3.63) is 18.1 Å². The lowest BCUT2D eigenvalue weighted by molar-refractivity contribution is 0.0593. The highest BCUT2D eigenvalue weighted by molar-refractivity contribution is 8.02. The fourth-order valence-corrected chi connectivity index (χ4v) is 3.28. The monoisotopic (exact) mass is 300 g/mol. The number of hydrogen-bond donors (Lipinski definition) is 0. The Morgan fingerprint density at radius 1 is 1.28 bits per heavy atom. The van der Waals surface area contributed by atoms with Crippen LogP contribution in [0.1, 0.15) is 10.5 Å². The van der Waals surface area contributed by atoms with Crippen LogP contribution in [-0.4, -0.2) is 39.5 Å². The third kappa shape index (κ3) is 3.18. The summed E-state index contributed by atoms with van der Waals surface area (Å²) in [5, 5.41) is 8.64. The van der Waals surface area contributed by atoms with Gasteiger partial charge in [0.05, 0.1) is 19.5 Å². The minimum Gasteiger partial charge on any atom is -0.464 e. The van der Waals surface area contributed by atoms with Crippen LogP contribution < -0.4 is 0 Å². The largest absolute Gasteiger partial charge is 0.464 e. The van der Waals surface area contributed by atoms with Crippen molar-refractivity contribution in [3.63, 3.8) is 0 Å². The molecule has 2 rings (SSSR count). The predicted molar refractivity (Wildman–Crippen MR) is 69.2 cm³/mol. The molecular weight excluding hydrogens is 292 g/mol. The molecule has 0 fully saturated rings. The van der Waals surface area contributed by atoms with Crippen molar-refractivity contribution in [2.24, 2.45) is 0 Å². The van der Waals surface area contributed by atoms with E-state index in [2.05, 4.69) is 24.9 Å². The highest BCUT2D eigenvalue weighted by Gasteiger charge is 2.10. The van der Waals surface area contributed by atoms with Crippen LogP contribution in [0.4, 0.5) is 0 Å². The second kappa shape index (κ2) is 6.12. The number of ether oxygens (including phenoxy) is 1. The summed E-state index contributed by atoms with van der Waals surface area (Å²) in [5.74, 6) is -0.500. The molecule has 6 nitrogen and oxygen atoms in total. The van der Waals surface area contributed by atoms with Gasteiger partial charge in [0, 0.05) is 0 Å². The number of esters is 1. The molecule has 0 saturated carbocycles. The summed E-state index contributed by atoms with van der Waals surface area (Å²) >= 11 is 4.39. The first-order chi connectivity index (χ1) is 8.72. The van der Waals surface area contributed by atoms with Gasteiger partial charge in [-0.25, -0.2) is 14.8 Å². The molecule has 0 N–H and O–H groups in total. The van der Waals surface area contributed by atoms with Gasteiger partial charge in [0.25, 0.3) is 0 Å². The maximum absolute atomic E-state index is 11.2. The lowest BCUT2D eigenvalue weighted by Crippen LogP contribution is -2.04. The molecule has 0 aromatic carbocycles. The average Bonchev–Trinajstić information content (AvgIpc) is 2.86. The molecule has 0 unspecified atom stereocenters. The van der Waals surface area contributed by atoms with E-state index in [1.54, 1.807) is 11.8 Å². The number of hydrogen-bond acceptors (Lipinski definition) is 9. The number of thioether (sulfide) groups is 1. The zero-order valence-corrected chi connectivity index (χ0v) is 11.9. The Hall–Kier alpha value is -1.19. The Balaban J connectivity index is 2.08. The van der Waals surface area contributed by atoms with E-state index in [4.69, 9.17) is 0 Å². The quantitative estimate of drug-likeness (QED) is 0.626. The molecule has 2 heterocycles. The molecule has 0 bridgehead atoms. The summed E-state index contributed by atoms with van der Waals surface area (Å²) in [6, 6.07) is 0. The standard InChI is InChI=1S/C9H8N4O2S3/c1-15-7(14)5-3-11-6(4-10-5)17-9-13-12-8(16-2)18-9/h3-4H,1-2H3. The van der Waals surface area contributed by atoms with E-state index in [-0.39, 0.29) is 5.69 Å². The van der Waals surface area contributed by atoms with Crippen molar-refractivity contribution in [2.45, 2.75) is 13.7 Å². The zero-order chi connectivity index (χ0) is 13.0. The number of nitrogens with zero attached hydrogens (tertiary/aromatic N) is 4. The molecular formula is C9H8N4O2S3.